The SMILES string of the molecule is CCCCCCCCCCCCCCCC(=O)OC[C@H](COP(=O)(O)OC[C@@H](O)COP(=O)(O)OC[C@@H](COC(=O)CCCCCCCCC)OC(=O)CCCCCCCCCC(C)C)OC(=O)CCCCCCCCCCCCCCC(C)C. The van der Waals surface area contributed by atoms with Crippen LogP contribution in [-0.2, 0) is 65.4 Å². The fourth-order valence-electron chi connectivity index (χ4n) is 9.88. The smallest absolute Gasteiger partial charge is 0.462 e. The lowest BCUT2D eigenvalue weighted by Gasteiger charge is -2.21. The second-order valence-corrected chi connectivity index (χ2v) is 27.7. The standard InChI is InChI=1S/C66H128O17P2/c1-7-9-11-13-15-16-17-18-22-25-31-37-43-49-64(69)77-55-62(82-65(70)50-44-38-32-26-23-20-19-21-24-29-34-40-46-58(3)4)57-81-85(74,75)79-53-60(67)52-78-84(72,73)80-56-61(54-76-63(68)48-42-36-28-14-12-10-8-2)83-66(71)51-45-39-33-27-30-35-41-47-59(5)6/h58-62,67H,7-57H2,1-6H3,(H,72,73)(H,74,75)/t60-,61+,62+/m0/s1. The predicted molar refractivity (Wildman–Crippen MR) is 340 cm³/mol. The molecule has 0 heterocycles. The number of carbonyl (C=O) groups is 4. The third-order valence-corrected chi connectivity index (χ3v) is 17.1. The molecular weight excluding hydrogens is 1130 g/mol. The molecule has 0 aliphatic rings. The molecule has 0 amide bonds. The monoisotopic (exact) mass is 1250 g/mol. The molecule has 0 aliphatic heterocycles. The first kappa shape index (κ1) is 83.1. The van der Waals surface area contributed by atoms with Crippen molar-refractivity contribution in [3.63, 3.8) is 0 Å². The zero-order chi connectivity index (χ0) is 62.9. The molecule has 0 spiro atoms. The van der Waals surface area contributed by atoms with Crippen molar-refractivity contribution in [1.82, 2.24) is 0 Å². The van der Waals surface area contributed by atoms with Gasteiger partial charge in [-0.1, -0.05) is 279 Å². The lowest BCUT2D eigenvalue weighted by molar-refractivity contribution is -0.161. The van der Waals surface area contributed by atoms with Gasteiger partial charge in [0.1, 0.15) is 19.3 Å². The number of hydrogen-bond acceptors (Lipinski definition) is 15. The second kappa shape index (κ2) is 58.4. The van der Waals surface area contributed by atoms with E-state index in [1.807, 2.05) is 0 Å². The van der Waals surface area contributed by atoms with E-state index in [0.29, 0.717) is 31.6 Å². The Hall–Kier alpha value is -1.94. The minimum Gasteiger partial charge on any atom is -0.462 e. The zero-order valence-electron chi connectivity index (χ0n) is 54.9. The fraction of sp³-hybridized carbons (Fsp3) is 0.939. The first-order valence-corrected chi connectivity index (χ1v) is 37.5. The molecule has 0 fully saturated rings. The number of phosphoric ester groups is 2. The van der Waals surface area contributed by atoms with Crippen LogP contribution in [0.4, 0.5) is 0 Å². The van der Waals surface area contributed by atoms with Crippen LogP contribution in [0.25, 0.3) is 0 Å². The van der Waals surface area contributed by atoms with E-state index in [0.717, 1.165) is 109 Å². The highest BCUT2D eigenvalue weighted by Gasteiger charge is 2.30. The molecule has 0 saturated heterocycles. The summed E-state index contributed by atoms with van der Waals surface area (Å²) in [5, 5.41) is 10.5. The summed E-state index contributed by atoms with van der Waals surface area (Å²) < 4.78 is 68.0. The van der Waals surface area contributed by atoms with Gasteiger partial charge < -0.3 is 33.8 Å². The van der Waals surface area contributed by atoms with E-state index in [1.165, 1.54) is 135 Å². The number of phosphoric acid groups is 2. The lowest BCUT2D eigenvalue weighted by Crippen LogP contribution is -2.30. The van der Waals surface area contributed by atoms with Crippen LogP contribution in [0.15, 0.2) is 0 Å². The summed E-state index contributed by atoms with van der Waals surface area (Å²) in [5.41, 5.74) is 0. The Morgan fingerprint density at radius 2 is 0.541 bits per heavy atom. The number of aliphatic hydroxyl groups is 1. The van der Waals surface area contributed by atoms with Crippen molar-refractivity contribution in [2.45, 2.75) is 349 Å². The third-order valence-electron chi connectivity index (χ3n) is 15.2. The molecule has 0 aromatic heterocycles. The summed E-state index contributed by atoms with van der Waals surface area (Å²) in [6.07, 6.45) is 41.8. The van der Waals surface area contributed by atoms with Crippen molar-refractivity contribution in [2.24, 2.45) is 11.8 Å². The van der Waals surface area contributed by atoms with E-state index in [9.17, 15) is 43.2 Å². The molecule has 17 nitrogen and oxygen atoms in total. The van der Waals surface area contributed by atoms with Gasteiger partial charge in [-0.15, -0.1) is 0 Å². The maximum atomic E-state index is 13.0. The van der Waals surface area contributed by atoms with E-state index in [-0.39, 0.29) is 25.7 Å². The number of aliphatic hydroxyl groups excluding tert-OH is 1. The highest BCUT2D eigenvalue weighted by molar-refractivity contribution is 7.47. The van der Waals surface area contributed by atoms with E-state index in [4.69, 9.17) is 37.0 Å². The zero-order valence-corrected chi connectivity index (χ0v) is 56.7. The van der Waals surface area contributed by atoms with Gasteiger partial charge in [-0.05, 0) is 37.5 Å². The van der Waals surface area contributed by atoms with Gasteiger partial charge in [-0.3, -0.25) is 37.3 Å². The van der Waals surface area contributed by atoms with Crippen LogP contribution < -0.4 is 0 Å². The Labute approximate surface area is 517 Å². The molecule has 0 radical (unpaired) electrons. The van der Waals surface area contributed by atoms with Crippen LogP contribution in [0, 0.1) is 11.8 Å². The molecule has 0 aromatic carbocycles. The maximum absolute atomic E-state index is 13.0. The first-order valence-electron chi connectivity index (χ1n) is 34.5. The minimum absolute atomic E-state index is 0.103. The van der Waals surface area contributed by atoms with Crippen LogP contribution in [0.3, 0.4) is 0 Å². The number of carbonyl (C=O) groups excluding carboxylic acids is 4. The van der Waals surface area contributed by atoms with E-state index in [2.05, 4.69) is 41.5 Å². The average molecular weight is 1260 g/mol. The van der Waals surface area contributed by atoms with Gasteiger partial charge in [0.05, 0.1) is 26.4 Å². The molecule has 19 heteroatoms. The third kappa shape index (κ3) is 60.7. The highest BCUT2D eigenvalue weighted by atomic mass is 31.2. The van der Waals surface area contributed by atoms with E-state index in [1.54, 1.807) is 0 Å². The molecule has 85 heavy (non-hydrogen) atoms. The van der Waals surface area contributed by atoms with Crippen molar-refractivity contribution < 1.29 is 80.2 Å². The molecule has 504 valence electrons. The molecule has 2 unspecified atom stereocenters. The van der Waals surface area contributed by atoms with Crippen LogP contribution in [0.5, 0.6) is 0 Å². The van der Waals surface area contributed by atoms with Gasteiger partial charge >= 0.3 is 39.5 Å². The number of hydrogen-bond donors (Lipinski definition) is 3. The summed E-state index contributed by atoms with van der Waals surface area (Å²) in [6.45, 7) is 9.42. The van der Waals surface area contributed by atoms with E-state index >= 15 is 0 Å². The van der Waals surface area contributed by atoms with Crippen LogP contribution in [-0.4, -0.2) is 96.7 Å². The highest BCUT2D eigenvalue weighted by Crippen LogP contribution is 2.45. The summed E-state index contributed by atoms with van der Waals surface area (Å²) in [4.78, 5) is 72.2. The van der Waals surface area contributed by atoms with Crippen molar-refractivity contribution in [3.05, 3.63) is 0 Å². The molecular formula is C66H128O17P2. The Bertz CT molecular complexity index is 1670. The second-order valence-electron chi connectivity index (χ2n) is 24.8. The molecule has 0 aromatic rings. The molecule has 5 atom stereocenters. The molecule has 0 rings (SSSR count). The van der Waals surface area contributed by atoms with Crippen molar-refractivity contribution in [2.75, 3.05) is 39.6 Å². The number of ether oxygens (including phenoxy) is 4. The van der Waals surface area contributed by atoms with Crippen molar-refractivity contribution in [1.29, 1.82) is 0 Å². The van der Waals surface area contributed by atoms with Crippen molar-refractivity contribution >= 4 is 39.5 Å². The maximum Gasteiger partial charge on any atom is 0.472 e. The fourth-order valence-corrected chi connectivity index (χ4v) is 11.5. The van der Waals surface area contributed by atoms with Gasteiger partial charge in [-0.2, -0.15) is 0 Å². The van der Waals surface area contributed by atoms with E-state index < -0.39 is 97.5 Å². The largest absolute Gasteiger partial charge is 0.472 e. The summed E-state index contributed by atoms with van der Waals surface area (Å²) in [7, 11) is -9.89. The molecule has 0 bridgehead atoms. The Morgan fingerprint density at radius 1 is 0.318 bits per heavy atom. The minimum atomic E-state index is -4.95. The van der Waals surface area contributed by atoms with Gasteiger partial charge in [-0.25, -0.2) is 9.13 Å². The van der Waals surface area contributed by atoms with Crippen LogP contribution in [0.1, 0.15) is 330 Å². The van der Waals surface area contributed by atoms with Gasteiger partial charge in [0, 0.05) is 25.7 Å². The lowest BCUT2D eigenvalue weighted by atomic mass is 10.0. The number of rotatable bonds is 65. The topological polar surface area (TPSA) is 237 Å². The Morgan fingerprint density at radius 3 is 0.800 bits per heavy atom. The first-order chi connectivity index (χ1) is 40.9. The van der Waals surface area contributed by atoms with Gasteiger partial charge in [0.15, 0.2) is 12.2 Å². The summed E-state index contributed by atoms with van der Waals surface area (Å²) >= 11 is 0. The Balaban J connectivity index is 5.21. The van der Waals surface area contributed by atoms with Gasteiger partial charge in [0.25, 0.3) is 0 Å². The predicted octanol–water partition coefficient (Wildman–Crippen LogP) is 18.4. The molecule has 3 N–H and O–H groups in total. The average Bonchev–Trinajstić information content (AvgIpc) is 3.52. The van der Waals surface area contributed by atoms with Crippen molar-refractivity contribution in [3.8, 4) is 0 Å². The summed E-state index contributed by atoms with van der Waals surface area (Å²) in [6, 6.07) is 0. The molecule has 0 saturated carbocycles. The quantitative estimate of drug-likeness (QED) is 0.0222. The van der Waals surface area contributed by atoms with Crippen LogP contribution in [0.2, 0.25) is 0 Å². The number of esters is 4. The number of unbranched alkanes of at least 4 members (excludes halogenated alkanes) is 35. The van der Waals surface area contributed by atoms with Gasteiger partial charge in [0.2, 0.25) is 0 Å². The van der Waals surface area contributed by atoms with Crippen LogP contribution >= 0.6 is 15.6 Å². The normalized spacial score (nSPS) is 14.2. The summed E-state index contributed by atoms with van der Waals surface area (Å²) in [5.74, 6) is -0.663. The molecule has 0 aliphatic carbocycles. The Kier molecular flexibility index (Phi) is 57.1.